The first-order valence-electron chi connectivity index (χ1n) is 4.98. The van der Waals surface area contributed by atoms with E-state index in [1.165, 1.54) is 6.07 Å². The van der Waals surface area contributed by atoms with Gasteiger partial charge in [0.2, 0.25) is 0 Å². The van der Waals surface area contributed by atoms with E-state index >= 15 is 0 Å². The Morgan fingerprint density at radius 1 is 1.50 bits per heavy atom. The Balaban J connectivity index is 2.21. The zero-order valence-electron chi connectivity index (χ0n) is 8.49. The van der Waals surface area contributed by atoms with Gasteiger partial charge in [-0.1, -0.05) is 11.6 Å². The van der Waals surface area contributed by atoms with Gasteiger partial charge >= 0.3 is 0 Å². The lowest BCUT2D eigenvalue weighted by molar-refractivity contribution is -0.127. The largest absolute Gasteiger partial charge is 0.383 e. The first-order chi connectivity index (χ1) is 7.58. The maximum atomic E-state index is 13.6. The number of hydrogen-bond donors (Lipinski definition) is 1. The van der Waals surface area contributed by atoms with E-state index in [0.717, 1.165) is 0 Å². The molecular weight excluding hydrogens is 233 g/mol. The number of aliphatic hydroxyl groups is 1. The van der Waals surface area contributed by atoms with Gasteiger partial charge in [-0.05, 0) is 18.2 Å². The molecule has 0 amide bonds. The molecule has 0 unspecified atom stereocenters. The van der Waals surface area contributed by atoms with Crippen LogP contribution in [0.3, 0.4) is 0 Å². The summed E-state index contributed by atoms with van der Waals surface area (Å²) in [6, 6.07) is 4.36. The average molecular weight is 244 g/mol. The van der Waals surface area contributed by atoms with E-state index in [4.69, 9.17) is 11.6 Å². The molecule has 16 heavy (non-hydrogen) atoms. The molecule has 1 saturated heterocycles. The van der Waals surface area contributed by atoms with Crippen molar-refractivity contribution in [2.45, 2.75) is 12.5 Å². The van der Waals surface area contributed by atoms with Gasteiger partial charge in [0.1, 0.15) is 11.9 Å². The molecule has 1 aliphatic rings. The van der Waals surface area contributed by atoms with Crippen molar-refractivity contribution in [3.63, 3.8) is 0 Å². The lowest BCUT2D eigenvalue weighted by atomic mass is 10.1. The summed E-state index contributed by atoms with van der Waals surface area (Å²) >= 11 is 5.65. The van der Waals surface area contributed by atoms with Crippen molar-refractivity contribution in [1.82, 2.24) is 0 Å². The van der Waals surface area contributed by atoms with Crippen LogP contribution in [0, 0.1) is 5.82 Å². The number of carbonyl (C=O) groups is 1. The monoisotopic (exact) mass is 243 g/mol. The van der Waals surface area contributed by atoms with Gasteiger partial charge in [0.15, 0.2) is 5.78 Å². The molecule has 1 aromatic carbocycles. The normalized spacial score (nSPS) is 21.3. The Kier molecular flexibility index (Phi) is 3.12. The minimum Gasteiger partial charge on any atom is -0.383 e. The van der Waals surface area contributed by atoms with E-state index in [-0.39, 0.29) is 18.7 Å². The van der Waals surface area contributed by atoms with Crippen LogP contribution < -0.4 is 4.90 Å². The maximum absolute atomic E-state index is 13.6. The minimum absolute atomic E-state index is 0.136. The number of aliphatic hydroxyl groups excluding tert-OH is 1. The highest BCUT2D eigenvalue weighted by Crippen LogP contribution is 2.24. The highest BCUT2D eigenvalue weighted by Gasteiger charge is 2.26. The smallest absolute Gasteiger partial charge is 0.164 e. The summed E-state index contributed by atoms with van der Waals surface area (Å²) in [5, 5.41) is 9.74. The van der Waals surface area contributed by atoms with Crippen molar-refractivity contribution in [1.29, 1.82) is 0 Å². The number of piperidine rings is 1. The first kappa shape index (κ1) is 11.4. The van der Waals surface area contributed by atoms with Crippen LogP contribution in [0.15, 0.2) is 18.2 Å². The van der Waals surface area contributed by atoms with Crippen LogP contribution in [0.1, 0.15) is 6.42 Å². The van der Waals surface area contributed by atoms with Crippen LogP contribution in [0.4, 0.5) is 10.1 Å². The summed E-state index contributed by atoms with van der Waals surface area (Å²) in [6.45, 7) is 0.561. The summed E-state index contributed by atoms with van der Waals surface area (Å²) in [5.74, 6) is -0.625. The summed E-state index contributed by atoms with van der Waals surface area (Å²) in [7, 11) is 0. The number of hydrogen-bond acceptors (Lipinski definition) is 3. The molecule has 1 aromatic rings. The number of β-amino-alcohol motifs (C(OH)–C–C–N with tert-alkyl or cyclic N) is 1. The average Bonchev–Trinajstić information content (AvgIpc) is 2.22. The predicted octanol–water partition coefficient (Wildman–Crippen LogP) is 1.62. The summed E-state index contributed by atoms with van der Waals surface area (Å²) < 4.78 is 13.6. The number of halogens is 2. The van der Waals surface area contributed by atoms with Crippen LogP contribution in [0.25, 0.3) is 0 Å². The lowest BCUT2D eigenvalue weighted by Crippen LogP contribution is -2.44. The molecule has 1 heterocycles. The van der Waals surface area contributed by atoms with Gasteiger partial charge in [0, 0.05) is 18.0 Å². The van der Waals surface area contributed by atoms with Gasteiger partial charge in [0.25, 0.3) is 0 Å². The van der Waals surface area contributed by atoms with E-state index in [1.807, 2.05) is 0 Å². The Bertz CT molecular complexity index is 424. The van der Waals surface area contributed by atoms with Crippen LogP contribution in [0.5, 0.6) is 0 Å². The Morgan fingerprint density at radius 2 is 2.25 bits per heavy atom. The van der Waals surface area contributed by atoms with E-state index in [9.17, 15) is 14.3 Å². The second kappa shape index (κ2) is 4.39. The van der Waals surface area contributed by atoms with Crippen molar-refractivity contribution >= 4 is 23.1 Å². The summed E-state index contributed by atoms with van der Waals surface area (Å²) in [5.41, 5.74) is 0.371. The summed E-state index contributed by atoms with van der Waals surface area (Å²) in [4.78, 5) is 12.8. The van der Waals surface area contributed by atoms with Gasteiger partial charge in [0.05, 0.1) is 12.2 Å². The predicted molar refractivity (Wildman–Crippen MR) is 59.3 cm³/mol. The van der Waals surface area contributed by atoms with Crippen LogP contribution in [-0.4, -0.2) is 30.1 Å². The van der Waals surface area contributed by atoms with Gasteiger partial charge in [-0.2, -0.15) is 0 Å². The molecule has 5 heteroatoms. The van der Waals surface area contributed by atoms with Gasteiger partial charge in [-0.3, -0.25) is 4.79 Å². The Labute approximate surface area is 97.4 Å². The number of nitrogens with zero attached hydrogens (tertiary/aromatic N) is 1. The molecule has 1 atom stereocenters. The highest BCUT2D eigenvalue weighted by atomic mass is 35.5. The second-order valence-corrected chi connectivity index (χ2v) is 4.21. The Morgan fingerprint density at radius 3 is 2.88 bits per heavy atom. The standard InChI is InChI=1S/C11H11ClFNO2/c12-7-1-2-9(8(13)5-7)14-4-3-10(15)11(16)6-14/h1-2,5,11,16H,3-4,6H2/t11-/m1/s1. The van der Waals surface area contributed by atoms with Crippen LogP contribution >= 0.6 is 11.6 Å². The quantitative estimate of drug-likeness (QED) is 0.815. The molecule has 0 radical (unpaired) electrons. The molecule has 1 aliphatic heterocycles. The molecule has 0 bridgehead atoms. The molecule has 0 aliphatic carbocycles. The van der Waals surface area contributed by atoms with Crippen molar-refractivity contribution in [3.05, 3.63) is 29.0 Å². The Hall–Kier alpha value is -1.13. The van der Waals surface area contributed by atoms with E-state index in [0.29, 0.717) is 17.3 Å². The second-order valence-electron chi connectivity index (χ2n) is 3.77. The number of rotatable bonds is 1. The van der Waals surface area contributed by atoms with Crippen LogP contribution in [0.2, 0.25) is 5.02 Å². The zero-order valence-corrected chi connectivity index (χ0v) is 9.25. The first-order valence-corrected chi connectivity index (χ1v) is 5.36. The number of carbonyl (C=O) groups excluding carboxylic acids is 1. The molecule has 86 valence electrons. The topological polar surface area (TPSA) is 40.5 Å². The minimum atomic E-state index is -1.02. The fourth-order valence-electron chi connectivity index (χ4n) is 1.77. The molecule has 0 aromatic heterocycles. The number of ketones is 1. The third-order valence-corrected chi connectivity index (χ3v) is 2.88. The SMILES string of the molecule is O=C1CCN(c2ccc(Cl)cc2F)C[C@H]1O. The van der Waals surface area contributed by atoms with Crippen molar-refractivity contribution < 1.29 is 14.3 Å². The lowest BCUT2D eigenvalue weighted by Gasteiger charge is -2.31. The fourth-order valence-corrected chi connectivity index (χ4v) is 1.93. The van der Waals surface area contributed by atoms with Crippen LogP contribution in [-0.2, 0) is 4.79 Å². The molecule has 0 saturated carbocycles. The molecular formula is C11H11ClFNO2. The maximum Gasteiger partial charge on any atom is 0.164 e. The third kappa shape index (κ3) is 2.18. The molecule has 3 nitrogen and oxygen atoms in total. The van der Waals surface area contributed by atoms with Crippen molar-refractivity contribution in [2.75, 3.05) is 18.0 Å². The third-order valence-electron chi connectivity index (χ3n) is 2.64. The van der Waals surface area contributed by atoms with E-state index < -0.39 is 11.9 Å². The van der Waals surface area contributed by atoms with E-state index in [2.05, 4.69) is 0 Å². The van der Waals surface area contributed by atoms with E-state index in [1.54, 1.807) is 17.0 Å². The highest BCUT2D eigenvalue weighted by molar-refractivity contribution is 6.30. The van der Waals surface area contributed by atoms with Gasteiger partial charge in [-0.15, -0.1) is 0 Å². The molecule has 1 fully saturated rings. The van der Waals surface area contributed by atoms with Gasteiger partial charge < -0.3 is 10.0 Å². The fraction of sp³-hybridized carbons (Fsp3) is 0.364. The van der Waals surface area contributed by atoms with Crippen molar-refractivity contribution in [2.24, 2.45) is 0 Å². The number of Topliss-reactive ketones (excluding diaryl/α,β-unsaturated/α-hetero) is 1. The summed E-state index contributed by atoms with van der Waals surface area (Å²) in [6.07, 6.45) is -0.785. The van der Waals surface area contributed by atoms with Gasteiger partial charge in [-0.25, -0.2) is 4.39 Å². The molecule has 2 rings (SSSR count). The zero-order chi connectivity index (χ0) is 11.7. The molecule has 1 N–H and O–H groups in total. The molecule has 0 spiro atoms. The number of benzene rings is 1. The van der Waals surface area contributed by atoms with Crippen molar-refractivity contribution in [3.8, 4) is 0 Å². The number of anilines is 1.